The molecule has 0 radical (unpaired) electrons. The van der Waals surface area contributed by atoms with E-state index in [9.17, 15) is 14.7 Å². The van der Waals surface area contributed by atoms with Gasteiger partial charge >= 0.3 is 0 Å². The van der Waals surface area contributed by atoms with Crippen molar-refractivity contribution in [1.29, 1.82) is 0 Å². The van der Waals surface area contributed by atoms with E-state index >= 15 is 0 Å². The predicted octanol–water partition coefficient (Wildman–Crippen LogP) is 4.78. The summed E-state index contributed by atoms with van der Waals surface area (Å²) in [6.07, 6.45) is 3.84. The summed E-state index contributed by atoms with van der Waals surface area (Å²) < 4.78 is 10.8. The van der Waals surface area contributed by atoms with Gasteiger partial charge in [-0.3, -0.25) is 9.59 Å². The number of Topliss-reactive ketones (excluding diaryl/α,β-unsaturated/α-hetero) is 1. The van der Waals surface area contributed by atoms with Gasteiger partial charge in [-0.1, -0.05) is 25.8 Å². The number of benzene rings is 1. The summed E-state index contributed by atoms with van der Waals surface area (Å²) in [5.41, 5.74) is 0.610. The molecule has 1 unspecified atom stereocenters. The lowest BCUT2D eigenvalue weighted by Gasteiger charge is -2.23. The van der Waals surface area contributed by atoms with E-state index in [1.165, 1.54) is 16.2 Å². The molecule has 166 valence electrons. The Hall–Kier alpha value is -2.64. The Labute approximate surface area is 187 Å². The molecule has 1 aliphatic heterocycles. The third-order valence-corrected chi connectivity index (χ3v) is 6.17. The average Bonchev–Trinajstić information content (AvgIpc) is 3.39. The molecular weight excluding hydrogens is 414 g/mol. The molecule has 0 saturated carbocycles. The minimum Gasteiger partial charge on any atom is -0.507 e. The molecule has 1 aromatic carbocycles. The number of methoxy groups -OCH3 is 1. The van der Waals surface area contributed by atoms with Gasteiger partial charge in [0.2, 0.25) is 0 Å². The molecule has 2 heterocycles. The second-order valence-corrected chi connectivity index (χ2v) is 8.41. The molecule has 0 spiro atoms. The molecule has 7 heteroatoms. The number of thiophene rings is 1. The van der Waals surface area contributed by atoms with Crippen LogP contribution < -0.4 is 4.74 Å². The zero-order chi connectivity index (χ0) is 22.2. The van der Waals surface area contributed by atoms with Crippen molar-refractivity contribution in [2.75, 3.05) is 26.9 Å². The van der Waals surface area contributed by atoms with Crippen molar-refractivity contribution in [3.05, 3.63) is 57.8 Å². The summed E-state index contributed by atoms with van der Waals surface area (Å²) >= 11 is 1.46. The minimum absolute atomic E-state index is 0.126. The minimum atomic E-state index is -0.659. The molecule has 0 bridgehead atoms. The van der Waals surface area contributed by atoms with Gasteiger partial charge in [-0.05, 0) is 48.6 Å². The van der Waals surface area contributed by atoms with Crippen molar-refractivity contribution >= 4 is 28.8 Å². The molecule has 2 aromatic rings. The normalized spacial score (nSPS) is 18.0. The highest BCUT2D eigenvalue weighted by atomic mass is 32.1. The van der Waals surface area contributed by atoms with Crippen LogP contribution in [0.15, 0.2) is 47.4 Å². The van der Waals surface area contributed by atoms with Crippen molar-refractivity contribution in [1.82, 2.24) is 4.90 Å². The second kappa shape index (κ2) is 11.1. The van der Waals surface area contributed by atoms with E-state index in [1.54, 1.807) is 31.4 Å². The lowest BCUT2D eigenvalue weighted by atomic mass is 10.00. The molecule has 1 saturated heterocycles. The molecule has 1 fully saturated rings. The summed E-state index contributed by atoms with van der Waals surface area (Å²) in [6.45, 7) is 3.65. The summed E-state index contributed by atoms with van der Waals surface area (Å²) in [5.74, 6) is -0.703. The van der Waals surface area contributed by atoms with Gasteiger partial charge < -0.3 is 19.5 Å². The number of carbonyl (C=O) groups excluding carboxylic acids is 2. The van der Waals surface area contributed by atoms with Gasteiger partial charge in [-0.15, -0.1) is 11.3 Å². The van der Waals surface area contributed by atoms with Crippen molar-refractivity contribution in [3.8, 4) is 5.75 Å². The zero-order valence-electron chi connectivity index (χ0n) is 18.0. The van der Waals surface area contributed by atoms with Gasteiger partial charge in [0.1, 0.15) is 11.5 Å². The second-order valence-electron chi connectivity index (χ2n) is 7.43. The summed E-state index contributed by atoms with van der Waals surface area (Å²) in [7, 11) is 1.60. The fourth-order valence-electron chi connectivity index (χ4n) is 3.64. The van der Waals surface area contributed by atoms with E-state index in [4.69, 9.17) is 9.47 Å². The van der Waals surface area contributed by atoms with E-state index in [-0.39, 0.29) is 11.3 Å². The Morgan fingerprint density at radius 2 is 1.87 bits per heavy atom. The van der Waals surface area contributed by atoms with Crippen molar-refractivity contribution in [3.63, 3.8) is 0 Å². The van der Waals surface area contributed by atoms with Crippen LogP contribution in [0.25, 0.3) is 5.76 Å². The van der Waals surface area contributed by atoms with Gasteiger partial charge in [0.25, 0.3) is 11.7 Å². The number of amides is 1. The first-order valence-corrected chi connectivity index (χ1v) is 11.5. The largest absolute Gasteiger partial charge is 0.507 e. The summed E-state index contributed by atoms with van der Waals surface area (Å²) in [6, 6.07) is 10.1. The Morgan fingerprint density at radius 3 is 2.52 bits per heavy atom. The lowest BCUT2D eigenvalue weighted by Crippen LogP contribution is -2.31. The quantitative estimate of drug-likeness (QED) is 0.234. The van der Waals surface area contributed by atoms with Crippen LogP contribution in [-0.2, 0) is 14.3 Å². The number of unbranched alkanes of at least 4 members (excludes halogenated alkanes) is 2. The van der Waals surface area contributed by atoms with Crippen molar-refractivity contribution < 1.29 is 24.2 Å². The fraction of sp³-hybridized carbons (Fsp3) is 0.417. The standard InChI is InChI=1S/C24H29NO5S/c1-3-4-5-15-30-18-11-9-17(10-12-18)22(26)20-21(19-8-6-16-31-19)25(13-7-14-29-2)24(28)23(20)27/h6,8-12,16,21,26H,3-5,7,13-15H2,1-2H3/b22-20-. The monoisotopic (exact) mass is 443 g/mol. The van der Waals surface area contributed by atoms with E-state index < -0.39 is 17.7 Å². The number of hydrogen-bond acceptors (Lipinski definition) is 6. The third kappa shape index (κ3) is 5.35. The third-order valence-electron chi connectivity index (χ3n) is 5.24. The number of carbonyl (C=O) groups is 2. The number of likely N-dealkylation sites (tertiary alicyclic amines) is 1. The highest BCUT2D eigenvalue weighted by molar-refractivity contribution is 7.10. The van der Waals surface area contributed by atoms with Crippen LogP contribution in [0.1, 0.15) is 49.1 Å². The molecule has 1 amide bonds. The Bertz CT molecular complexity index is 905. The molecule has 1 aromatic heterocycles. The highest BCUT2D eigenvalue weighted by Gasteiger charge is 2.46. The van der Waals surface area contributed by atoms with Gasteiger partial charge in [0, 0.05) is 30.7 Å². The molecular formula is C24H29NO5S. The molecule has 1 N–H and O–H groups in total. The molecule has 3 rings (SSSR count). The van der Waals surface area contributed by atoms with Gasteiger partial charge in [-0.25, -0.2) is 0 Å². The molecule has 0 aliphatic carbocycles. The lowest BCUT2D eigenvalue weighted by molar-refractivity contribution is -0.140. The number of aliphatic hydroxyl groups is 1. The fourth-order valence-corrected chi connectivity index (χ4v) is 4.48. The van der Waals surface area contributed by atoms with Crippen LogP contribution >= 0.6 is 11.3 Å². The SMILES string of the molecule is CCCCCOc1ccc(/C(O)=C2/C(=O)C(=O)N(CCCOC)C2c2cccs2)cc1. The molecule has 31 heavy (non-hydrogen) atoms. The van der Waals surface area contributed by atoms with E-state index in [2.05, 4.69) is 6.92 Å². The maximum Gasteiger partial charge on any atom is 0.295 e. The maximum absolute atomic E-state index is 12.9. The average molecular weight is 444 g/mol. The first-order chi connectivity index (χ1) is 15.1. The van der Waals surface area contributed by atoms with Crippen LogP contribution in [0, 0.1) is 0 Å². The van der Waals surface area contributed by atoms with Crippen molar-refractivity contribution in [2.45, 2.75) is 38.6 Å². The van der Waals surface area contributed by atoms with Crippen LogP contribution in [0.4, 0.5) is 0 Å². The Kier molecular flexibility index (Phi) is 8.26. The van der Waals surface area contributed by atoms with E-state index in [1.807, 2.05) is 17.5 Å². The molecule has 1 aliphatic rings. The number of hydrogen-bond donors (Lipinski definition) is 1. The Morgan fingerprint density at radius 1 is 1.10 bits per heavy atom. The van der Waals surface area contributed by atoms with Gasteiger partial charge in [-0.2, -0.15) is 0 Å². The van der Waals surface area contributed by atoms with Crippen LogP contribution in [0.3, 0.4) is 0 Å². The Balaban J connectivity index is 1.88. The number of ketones is 1. The van der Waals surface area contributed by atoms with Crippen LogP contribution in [-0.4, -0.2) is 48.6 Å². The first-order valence-electron chi connectivity index (χ1n) is 10.6. The highest BCUT2D eigenvalue weighted by Crippen LogP contribution is 2.41. The van der Waals surface area contributed by atoms with E-state index in [0.717, 1.165) is 24.1 Å². The molecule has 1 atom stereocenters. The molecule has 6 nitrogen and oxygen atoms in total. The van der Waals surface area contributed by atoms with Crippen LogP contribution in [0.5, 0.6) is 5.75 Å². The maximum atomic E-state index is 12.9. The number of nitrogens with zero attached hydrogens (tertiary/aromatic N) is 1. The van der Waals surface area contributed by atoms with Gasteiger partial charge in [0.15, 0.2) is 0 Å². The van der Waals surface area contributed by atoms with Crippen molar-refractivity contribution in [2.24, 2.45) is 0 Å². The number of ether oxygens (including phenoxy) is 2. The van der Waals surface area contributed by atoms with Crippen LogP contribution in [0.2, 0.25) is 0 Å². The topological polar surface area (TPSA) is 76.1 Å². The number of rotatable bonds is 11. The van der Waals surface area contributed by atoms with E-state index in [0.29, 0.717) is 37.5 Å². The first kappa shape index (κ1) is 23.0. The zero-order valence-corrected chi connectivity index (χ0v) is 18.8. The summed E-state index contributed by atoms with van der Waals surface area (Å²) in [5, 5.41) is 12.9. The summed E-state index contributed by atoms with van der Waals surface area (Å²) in [4.78, 5) is 28.0. The predicted molar refractivity (Wildman–Crippen MR) is 121 cm³/mol. The smallest absolute Gasteiger partial charge is 0.295 e. The number of aliphatic hydroxyl groups excluding tert-OH is 1. The van der Waals surface area contributed by atoms with Gasteiger partial charge in [0.05, 0.1) is 18.2 Å².